The zero-order chi connectivity index (χ0) is 14.8. The second-order valence-electron chi connectivity index (χ2n) is 4.93. The van der Waals surface area contributed by atoms with Crippen LogP contribution in [0, 0.1) is 0 Å². The molecule has 0 aliphatic carbocycles. The summed E-state index contributed by atoms with van der Waals surface area (Å²) in [5.74, 6) is 1.28. The maximum absolute atomic E-state index is 9.43. The molecule has 1 aromatic rings. The summed E-state index contributed by atoms with van der Waals surface area (Å²) in [5, 5.41) is 12.8. The Hall–Kier alpha value is -1.71. The predicted molar refractivity (Wildman–Crippen MR) is 85.3 cm³/mol. The van der Waals surface area contributed by atoms with Crippen molar-refractivity contribution in [1.82, 2.24) is 10.2 Å². The normalized spacial score (nSPS) is 11.4. The Morgan fingerprint density at radius 1 is 1.35 bits per heavy atom. The highest BCUT2D eigenvalue weighted by atomic mass is 16.3. The number of rotatable bonds is 7. The van der Waals surface area contributed by atoms with Crippen molar-refractivity contribution in [2.45, 2.75) is 33.1 Å². The van der Waals surface area contributed by atoms with Crippen molar-refractivity contribution < 1.29 is 5.11 Å². The molecule has 0 aliphatic rings. The van der Waals surface area contributed by atoms with Crippen molar-refractivity contribution in [2.75, 3.05) is 26.7 Å². The van der Waals surface area contributed by atoms with Gasteiger partial charge in [-0.3, -0.25) is 4.99 Å². The second kappa shape index (κ2) is 9.23. The van der Waals surface area contributed by atoms with Gasteiger partial charge in [0, 0.05) is 26.7 Å². The standard InChI is InChI=1S/C16H27N3O/c1-4-6-12-19(3)16(17-5-2)18-11-10-14-8-7-9-15(20)13-14/h7-9,13,20H,4-6,10-12H2,1-3H3,(H,17,18). The minimum Gasteiger partial charge on any atom is -0.508 e. The van der Waals surface area contributed by atoms with Gasteiger partial charge in [0.05, 0.1) is 0 Å². The number of aliphatic imine (C=N–C) groups is 1. The monoisotopic (exact) mass is 277 g/mol. The number of phenols is 1. The first-order valence-corrected chi connectivity index (χ1v) is 7.44. The Labute approximate surface area is 122 Å². The highest BCUT2D eigenvalue weighted by Gasteiger charge is 2.04. The first-order valence-electron chi connectivity index (χ1n) is 7.44. The van der Waals surface area contributed by atoms with Gasteiger partial charge >= 0.3 is 0 Å². The summed E-state index contributed by atoms with van der Waals surface area (Å²) in [4.78, 5) is 6.82. The second-order valence-corrected chi connectivity index (χ2v) is 4.93. The molecule has 4 heteroatoms. The van der Waals surface area contributed by atoms with Gasteiger partial charge in [0.25, 0.3) is 0 Å². The molecular weight excluding hydrogens is 250 g/mol. The number of hydrogen-bond acceptors (Lipinski definition) is 2. The van der Waals surface area contributed by atoms with E-state index in [0.29, 0.717) is 5.75 Å². The Morgan fingerprint density at radius 2 is 2.15 bits per heavy atom. The molecule has 2 N–H and O–H groups in total. The summed E-state index contributed by atoms with van der Waals surface area (Å²) in [5.41, 5.74) is 1.11. The van der Waals surface area contributed by atoms with Crippen LogP contribution in [0.3, 0.4) is 0 Å². The van der Waals surface area contributed by atoms with Gasteiger partial charge in [0.2, 0.25) is 0 Å². The van der Waals surface area contributed by atoms with Crippen LogP contribution in [-0.4, -0.2) is 42.6 Å². The molecule has 0 radical (unpaired) electrons. The molecule has 112 valence electrons. The third-order valence-corrected chi connectivity index (χ3v) is 3.12. The molecule has 0 atom stereocenters. The lowest BCUT2D eigenvalue weighted by molar-refractivity contribution is 0.465. The summed E-state index contributed by atoms with van der Waals surface area (Å²) in [6, 6.07) is 7.37. The maximum Gasteiger partial charge on any atom is 0.193 e. The van der Waals surface area contributed by atoms with Gasteiger partial charge in [-0.1, -0.05) is 25.5 Å². The summed E-state index contributed by atoms with van der Waals surface area (Å²) in [6.45, 7) is 6.90. The molecule has 0 amide bonds. The van der Waals surface area contributed by atoms with Crippen LogP contribution in [0.2, 0.25) is 0 Å². The van der Waals surface area contributed by atoms with Crippen LogP contribution < -0.4 is 5.32 Å². The Morgan fingerprint density at radius 3 is 2.80 bits per heavy atom. The van der Waals surface area contributed by atoms with E-state index in [0.717, 1.165) is 37.6 Å². The van der Waals surface area contributed by atoms with E-state index in [9.17, 15) is 5.11 Å². The van der Waals surface area contributed by atoms with Gasteiger partial charge in [-0.15, -0.1) is 0 Å². The quantitative estimate of drug-likeness (QED) is 0.595. The molecule has 0 unspecified atom stereocenters. The fourth-order valence-electron chi connectivity index (χ4n) is 1.97. The predicted octanol–water partition coefficient (Wildman–Crippen LogP) is 2.63. The highest BCUT2D eigenvalue weighted by molar-refractivity contribution is 5.79. The van der Waals surface area contributed by atoms with Crippen molar-refractivity contribution in [3.63, 3.8) is 0 Å². The highest BCUT2D eigenvalue weighted by Crippen LogP contribution is 2.11. The third kappa shape index (κ3) is 5.95. The van der Waals surface area contributed by atoms with E-state index in [1.807, 2.05) is 12.1 Å². The van der Waals surface area contributed by atoms with E-state index in [-0.39, 0.29) is 0 Å². The Bertz CT molecular complexity index is 418. The number of aromatic hydroxyl groups is 1. The van der Waals surface area contributed by atoms with Gasteiger partial charge in [-0.2, -0.15) is 0 Å². The van der Waals surface area contributed by atoms with Crippen LogP contribution in [0.15, 0.2) is 29.3 Å². The number of nitrogens with one attached hydrogen (secondary N) is 1. The van der Waals surface area contributed by atoms with E-state index in [4.69, 9.17) is 0 Å². The molecule has 0 spiro atoms. The molecule has 0 aromatic heterocycles. The molecule has 0 heterocycles. The van der Waals surface area contributed by atoms with Crippen molar-refractivity contribution in [2.24, 2.45) is 4.99 Å². The molecule has 0 aliphatic heterocycles. The van der Waals surface area contributed by atoms with Crippen molar-refractivity contribution in [3.05, 3.63) is 29.8 Å². The fourth-order valence-corrected chi connectivity index (χ4v) is 1.97. The number of benzene rings is 1. The van der Waals surface area contributed by atoms with Crippen molar-refractivity contribution in [1.29, 1.82) is 0 Å². The van der Waals surface area contributed by atoms with Crippen LogP contribution >= 0.6 is 0 Å². The zero-order valence-electron chi connectivity index (χ0n) is 12.9. The van der Waals surface area contributed by atoms with Crippen LogP contribution in [-0.2, 0) is 6.42 Å². The molecule has 4 nitrogen and oxygen atoms in total. The Balaban J connectivity index is 2.53. The van der Waals surface area contributed by atoms with Gasteiger partial charge in [0.15, 0.2) is 5.96 Å². The van der Waals surface area contributed by atoms with Crippen LogP contribution in [0.4, 0.5) is 0 Å². The molecule has 1 aromatic carbocycles. The van der Waals surface area contributed by atoms with Gasteiger partial charge in [-0.25, -0.2) is 0 Å². The molecule has 0 fully saturated rings. The smallest absolute Gasteiger partial charge is 0.193 e. The SMILES string of the molecule is CCCCN(C)C(=NCCc1cccc(O)c1)NCC. The molecule has 0 saturated carbocycles. The van der Waals surface area contributed by atoms with E-state index in [2.05, 4.69) is 36.1 Å². The zero-order valence-corrected chi connectivity index (χ0v) is 12.9. The number of guanidine groups is 1. The van der Waals surface area contributed by atoms with E-state index in [1.54, 1.807) is 12.1 Å². The third-order valence-electron chi connectivity index (χ3n) is 3.12. The van der Waals surface area contributed by atoms with Crippen molar-refractivity contribution >= 4 is 5.96 Å². The van der Waals surface area contributed by atoms with Gasteiger partial charge < -0.3 is 15.3 Å². The van der Waals surface area contributed by atoms with E-state index in [1.165, 1.54) is 12.8 Å². The summed E-state index contributed by atoms with van der Waals surface area (Å²) < 4.78 is 0. The number of phenolic OH excluding ortho intramolecular Hbond substituents is 1. The average Bonchev–Trinajstić information content (AvgIpc) is 2.44. The lowest BCUT2D eigenvalue weighted by Gasteiger charge is -2.21. The molecular formula is C16H27N3O. The largest absolute Gasteiger partial charge is 0.508 e. The number of unbranched alkanes of at least 4 members (excludes halogenated alkanes) is 1. The van der Waals surface area contributed by atoms with E-state index >= 15 is 0 Å². The number of hydrogen-bond donors (Lipinski definition) is 2. The molecule has 1 rings (SSSR count). The summed E-state index contributed by atoms with van der Waals surface area (Å²) in [7, 11) is 2.07. The summed E-state index contributed by atoms with van der Waals surface area (Å²) in [6.07, 6.45) is 3.20. The topological polar surface area (TPSA) is 47.9 Å². The fraction of sp³-hybridized carbons (Fsp3) is 0.562. The lowest BCUT2D eigenvalue weighted by atomic mass is 10.1. The van der Waals surface area contributed by atoms with E-state index < -0.39 is 0 Å². The van der Waals surface area contributed by atoms with Gasteiger partial charge in [0.1, 0.15) is 5.75 Å². The van der Waals surface area contributed by atoms with Crippen LogP contribution in [0.1, 0.15) is 32.3 Å². The summed E-state index contributed by atoms with van der Waals surface area (Å²) >= 11 is 0. The van der Waals surface area contributed by atoms with Crippen molar-refractivity contribution in [3.8, 4) is 5.75 Å². The molecule has 0 bridgehead atoms. The molecule has 20 heavy (non-hydrogen) atoms. The minimum atomic E-state index is 0.318. The molecule has 0 saturated heterocycles. The first kappa shape index (κ1) is 16.3. The first-order chi connectivity index (χ1) is 9.67. The average molecular weight is 277 g/mol. The Kier molecular flexibility index (Phi) is 7.55. The lowest BCUT2D eigenvalue weighted by Crippen LogP contribution is -2.39. The van der Waals surface area contributed by atoms with Crippen LogP contribution in [0.5, 0.6) is 5.75 Å². The maximum atomic E-state index is 9.43. The minimum absolute atomic E-state index is 0.318. The number of nitrogens with zero attached hydrogens (tertiary/aromatic N) is 2. The van der Waals surface area contributed by atoms with Gasteiger partial charge in [-0.05, 0) is 37.5 Å². The van der Waals surface area contributed by atoms with Crippen LogP contribution in [0.25, 0.3) is 0 Å².